The average Bonchev–Trinajstić information content (AvgIpc) is 2.48. The molecule has 2 nitrogen and oxygen atoms in total. The predicted octanol–water partition coefficient (Wildman–Crippen LogP) is 4.84. The van der Waals surface area contributed by atoms with Gasteiger partial charge in [0.2, 0.25) is 0 Å². The second kappa shape index (κ2) is 7.12. The van der Waals surface area contributed by atoms with Crippen molar-refractivity contribution in [1.29, 1.82) is 0 Å². The maximum atomic E-state index is 13.6. The summed E-state index contributed by atoms with van der Waals surface area (Å²) in [6.45, 7) is 2.76. The van der Waals surface area contributed by atoms with Crippen LogP contribution in [0.4, 0.5) is 4.39 Å². The summed E-state index contributed by atoms with van der Waals surface area (Å²) in [5, 5.41) is 4.35. The monoisotopic (exact) mass is 327 g/mol. The zero-order valence-electron chi connectivity index (χ0n) is 11.8. The molecule has 2 aromatic carbocycles. The van der Waals surface area contributed by atoms with E-state index in [1.807, 2.05) is 19.1 Å². The van der Waals surface area contributed by atoms with E-state index in [2.05, 4.69) is 5.32 Å². The highest BCUT2D eigenvalue weighted by Crippen LogP contribution is 2.31. The highest BCUT2D eigenvalue weighted by atomic mass is 35.5. The molecule has 0 amide bonds. The number of methoxy groups -OCH3 is 1. The highest BCUT2D eigenvalue weighted by Gasteiger charge is 2.16. The lowest BCUT2D eigenvalue weighted by molar-refractivity contribution is 0.385. The van der Waals surface area contributed by atoms with Crippen molar-refractivity contribution in [3.63, 3.8) is 0 Å². The molecule has 21 heavy (non-hydrogen) atoms. The molecule has 1 atom stereocenters. The van der Waals surface area contributed by atoms with Crippen molar-refractivity contribution in [3.05, 3.63) is 63.4 Å². The van der Waals surface area contributed by atoms with Gasteiger partial charge in [0, 0.05) is 0 Å². The minimum atomic E-state index is -0.384. The number of benzene rings is 2. The number of hydrogen-bond acceptors (Lipinski definition) is 2. The smallest absolute Gasteiger partial charge is 0.165 e. The molecular formula is C16H16Cl2FNO. The summed E-state index contributed by atoms with van der Waals surface area (Å²) >= 11 is 12.0. The molecule has 0 radical (unpaired) electrons. The Kier molecular flexibility index (Phi) is 5.45. The summed E-state index contributed by atoms with van der Waals surface area (Å²) in [6, 6.07) is 10.2. The molecule has 0 aromatic heterocycles. The molecule has 0 heterocycles. The van der Waals surface area contributed by atoms with E-state index in [9.17, 15) is 4.39 Å². The van der Waals surface area contributed by atoms with Gasteiger partial charge >= 0.3 is 0 Å². The van der Waals surface area contributed by atoms with Crippen LogP contribution in [0.25, 0.3) is 0 Å². The molecule has 112 valence electrons. The molecule has 0 bridgehead atoms. The van der Waals surface area contributed by atoms with Gasteiger partial charge in [-0.3, -0.25) is 0 Å². The van der Waals surface area contributed by atoms with Crippen LogP contribution in [0.2, 0.25) is 10.0 Å². The van der Waals surface area contributed by atoms with Gasteiger partial charge in [0.25, 0.3) is 0 Å². The van der Waals surface area contributed by atoms with Crippen molar-refractivity contribution in [2.75, 3.05) is 13.7 Å². The maximum absolute atomic E-state index is 13.6. The Morgan fingerprint density at radius 1 is 1.10 bits per heavy atom. The first-order valence-electron chi connectivity index (χ1n) is 6.58. The summed E-state index contributed by atoms with van der Waals surface area (Å²) in [5.74, 6) is -0.166. The Labute approximate surface area is 133 Å². The van der Waals surface area contributed by atoms with Crippen molar-refractivity contribution >= 4 is 23.2 Å². The topological polar surface area (TPSA) is 21.3 Å². The van der Waals surface area contributed by atoms with Gasteiger partial charge in [0.05, 0.1) is 23.2 Å². The Bertz CT molecular complexity index is 634. The van der Waals surface area contributed by atoms with Crippen LogP contribution in [0.3, 0.4) is 0 Å². The molecular weight excluding hydrogens is 312 g/mol. The summed E-state index contributed by atoms with van der Waals surface area (Å²) < 4.78 is 18.6. The van der Waals surface area contributed by atoms with E-state index >= 15 is 0 Å². The zero-order chi connectivity index (χ0) is 15.4. The highest BCUT2D eigenvalue weighted by molar-refractivity contribution is 6.42. The van der Waals surface area contributed by atoms with Crippen molar-refractivity contribution < 1.29 is 9.13 Å². The summed E-state index contributed by atoms with van der Waals surface area (Å²) in [7, 11) is 1.45. The molecule has 5 heteroatoms. The number of rotatable bonds is 5. The largest absolute Gasteiger partial charge is 0.494 e. The third-order valence-corrected chi connectivity index (χ3v) is 3.93. The van der Waals surface area contributed by atoms with Gasteiger partial charge in [0.1, 0.15) is 0 Å². The Morgan fingerprint density at radius 2 is 1.76 bits per heavy atom. The van der Waals surface area contributed by atoms with Crippen LogP contribution in [0.15, 0.2) is 36.4 Å². The molecule has 2 aromatic rings. The van der Waals surface area contributed by atoms with E-state index in [0.717, 1.165) is 17.7 Å². The van der Waals surface area contributed by atoms with E-state index < -0.39 is 0 Å². The predicted molar refractivity (Wildman–Crippen MR) is 84.9 cm³/mol. The normalized spacial score (nSPS) is 12.2. The van der Waals surface area contributed by atoms with Crippen LogP contribution in [0.1, 0.15) is 24.1 Å². The molecule has 0 saturated carbocycles. The first-order valence-corrected chi connectivity index (χ1v) is 7.34. The van der Waals surface area contributed by atoms with E-state index in [1.54, 1.807) is 18.2 Å². The van der Waals surface area contributed by atoms with Gasteiger partial charge in [0.15, 0.2) is 11.6 Å². The van der Waals surface area contributed by atoms with Gasteiger partial charge in [-0.05, 0) is 41.9 Å². The van der Waals surface area contributed by atoms with E-state index in [-0.39, 0.29) is 17.6 Å². The second-order valence-corrected chi connectivity index (χ2v) is 5.37. The lowest BCUT2D eigenvalue weighted by atomic mass is 9.98. The molecule has 0 saturated heterocycles. The van der Waals surface area contributed by atoms with Gasteiger partial charge in [-0.2, -0.15) is 0 Å². The Morgan fingerprint density at radius 3 is 2.38 bits per heavy atom. The fraction of sp³-hybridized carbons (Fsp3) is 0.250. The fourth-order valence-electron chi connectivity index (χ4n) is 2.18. The van der Waals surface area contributed by atoms with Gasteiger partial charge < -0.3 is 10.1 Å². The Hall–Kier alpha value is -1.29. The first-order chi connectivity index (χ1) is 10.1. The molecule has 0 spiro atoms. The Balaban J connectivity index is 2.44. The number of ether oxygens (including phenoxy) is 1. The standard InChI is InChI=1S/C16H16Cl2FNO/c1-3-20-16(10-4-6-12(17)13(18)8-10)11-5-7-14(19)15(9-11)21-2/h4-9,16,20H,3H2,1-2H3. The maximum Gasteiger partial charge on any atom is 0.165 e. The first kappa shape index (κ1) is 16.1. The van der Waals surface area contributed by atoms with Crippen LogP contribution in [-0.2, 0) is 0 Å². The van der Waals surface area contributed by atoms with Crippen LogP contribution >= 0.6 is 23.2 Å². The van der Waals surface area contributed by atoms with Crippen LogP contribution < -0.4 is 10.1 Å². The summed E-state index contributed by atoms with van der Waals surface area (Å²) in [4.78, 5) is 0. The summed E-state index contributed by atoms with van der Waals surface area (Å²) in [6.07, 6.45) is 0. The minimum absolute atomic E-state index is 0.112. The lowest BCUT2D eigenvalue weighted by Gasteiger charge is -2.20. The lowest BCUT2D eigenvalue weighted by Crippen LogP contribution is -2.22. The van der Waals surface area contributed by atoms with Crippen molar-refractivity contribution in [2.45, 2.75) is 13.0 Å². The molecule has 0 aliphatic rings. The van der Waals surface area contributed by atoms with Gasteiger partial charge in [-0.1, -0.05) is 42.3 Å². The quantitative estimate of drug-likeness (QED) is 0.848. The van der Waals surface area contributed by atoms with E-state index in [4.69, 9.17) is 27.9 Å². The van der Waals surface area contributed by atoms with E-state index in [1.165, 1.54) is 13.2 Å². The average molecular weight is 328 g/mol. The third-order valence-electron chi connectivity index (χ3n) is 3.19. The van der Waals surface area contributed by atoms with Gasteiger partial charge in [-0.15, -0.1) is 0 Å². The fourth-order valence-corrected chi connectivity index (χ4v) is 2.49. The number of nitrogens with one attached hydrogen (secondary N) is 1. The van der Waals surface area contributed by atoms with Crippen molar-refractivity contribution in [1.82, 2.24) is 5.32 Å². The molecule has 0 fully saturated rings. The second-order valence-electron chi connectivity index (χ2n) is 4.56. The minimum Gasteiger partial charge on any atom is -0.494 e. The molecule has 2 rings (SSSR count). The number of halogens is 3. The van der Waals surface area contributed by atoms with Crippen LogP contribution in [-0.4, -0.2) is 13.7 Å². The molecule has 0 aliphatic carbocycles. The van der Waals surface area contributed by atoms with Crippen molar-refractivity contribution in [2.24, 2.45) is 0 Å². The van der Waals surface area contributed by atoms with Crippen LogP contribution in [0, 0.1) is 5.82 Å². The van der Waals surface area contributed by atoms with Gasteiger partial charge in [-0.25, -0.2) is 4.39 Å². The van der Waals surface area contributed by atoms with E-state index in [0.29, 0.717) is 10.0 Å². The number of hydrogen-bond donors (Lipinski definition) is 1. The van der Waals surface area contributed by atoms with Crippen molar-refractivity contribution in [3.8, 4) is 5.75 Å². The molecule has 0 aliphatic heterocycles. The van der Waals surface area contributed by atoms with Crippen LogP contribution in [0.5, 0.6) is 5.75 Å². The SMILES string of the molecule is CCNC(c1ccc(Cl)c(Cl)c1)c1ccc(F)c(OC)c1. The molecule has 1 N–H and O–H groups in total. The third kappa shape index (κ3) is 3.67. The molecule has 1 unspecified atom stereocenters. The summed E-state index contributed by atoms with van der Waals surface area (Å²) in [5.41, 5.74) is 1.86. The zero-order valence-corrected chi connectivity index (χ0v) is 13.3.